The number of hydrogen-bond donors (Lipinski definition) is 1. The second-order valence-corrected chi connectivity index (χ2v) is 13.0. The van der Waals surface area contributed by atoms with Gasteiger partial charge < -0.3 is 5.11 Å². The van der Waals surface area contributed by atoms with Gasteiger partial charge in [0.15, 0.2) is 0 Å². The molecule has 3 saturated carbocycles. The Hall–Kier alpha value is -0.380. The van der Waals surface area contributed by atoms with E-state index in [0.717, 1.165) is 55.5 Å². The molecule has 5 aliphatic rings. The second kappa shape index (κ2) is 9.00. The highest BCUT2D eigenvalue weighted by molar-refractivity contribution is 5.25. The molecule has 182 valence electrons. The van der Waals surface area contributed by atoms with E-state index < -0.39 is 0 Å². The molecule has 0 spiro atoms. The van der Waals surface area contributed by atoms with Crippen molar-refractivity contribution in [2.75, 3.05) is 6.61 Å². The summed E-state index contributed by atoms with van der Waals surface area (Å²) in [7, 11) is 0. The van der Waals surface area contributed by atoms with Crippen LogP contribution in [0.2, 0.25) is 0 Å². The van der Waals surface area contributed by atoms with Crippen LogP contribution in [0.3, 0.4) is 0 Å². The lowest BCUT2D eigenvalue weighted by Crippen LogP contribution is -2.50. The Labute approximate surface area is 196 Å². The van der Waals surface area contributed by atoms with Crippen LogP contribution >= 0.6 is 0 Å². The van der Waals surface area contributed by atoms with Crippen molar-refractivity contribution in [1.82, 2.24) is 0 Å². The highest BCUT2D eigenvalue weighted by Gasteiger charge is 2.59. The zero-order valence-electron chi connectivity index (χ0n) is 21.2. The van der Waals surface area contributed by atoms with Crippen LogP contribution in [0.25, 0.3) is 0 Å². The summed E-state index contributed by atoms with van der Waals surface area (Å²) in [4.78, 5) is 10.6. The molecular formula is C29H48O3. The predicted octanol–water partition coefficient (Wildman–Crippen LogP) is 7.09. The van der Waals surface area contributed by atoms with Gasteiger partial charge in [0.1, 0.15) is 0 Å². The lowest BCUT2D eigenvalue weighted by atomic mass is 9.47. The number of aliphatic hydroxyl groups excluding tert-OH is 1. The first-order valence-corrected chi connectivity index (χ1v) is 14.0. The molecule has 1 heterocycles. The van der Waals surface area contributed by atoms with Crippen molar-refractivity contribution < 1.29 is 14.9 Å². The number of hydrogen-bond acceptors (Lipinski definition) is 3. The fraction of sp³-hybridized carbons (Fsp3) is 0.931. The molecule has 2 unspecified atom stereocenters. The molecule has 0 aromatic rings. The van der Waals surface area contributed by atoms with Gasteiger partial charge in [-0.25, -0.2) is 9.78 Å². The van der Waals surface area contributed by atoms with Crippen molar-refractivity contribution in [3.63, 3.8) is 0 Å². The van der Waals surface area contributed by atoms with E-state index in [0.29, 0.717) is 22.9 Å². The van der Waals surface area contributed by atoms with E-state index in [1.807, 2.05) is 0 Å². The van der Waals surface area contributed by atoms with Crippen molar-refractivity contribution >= 4 is 0 Å². The van der Waals surface area contributed by atoms with Crippen molar-refractivity contribution in [3.8, 4) is 0 Å². The Kier molecular flexibility index (Phi) is 6.58. The standard InChI is InChI=1S/C29H48O3/c1-19(6-5-7-20(2)27-14-17-31-32-27)24-10-11-25-23-9-8-21-18-22(30)12-15-28(21,3)26(23)13-16-29(24,25)4/h8,19-20,22-27,30H,5-7,9-18H2,1-4H3/t19-,20?,22+,23+,24-,25+,26+,27?,28+,29-/m1/s1. The van der Waals surface area contributed by atoms with E-state index in [-0.39, 0.29) is 6.10 Å². The maximum absolute atomic E-state index is 10.3. The molecular weight excluding hydrogens is 396 g/mol. The molecule has 1 saturated heterocycles. The molecule has 32 heavy (non-hydrogen) atoms. The van der Waals surface area contributed by atoms with Crippen molar-refractivity contribution in [2.45, 2.75) is 117 Å². The van der Waals surface area contributed by atoms with Crippen LogP contribution in [0.1, 0.15) is 105 Å². The topological polar surface area (TPSA) is 38.7 Å². The molecule has 10 atom stereocenters. The molecule has 1 N–H and O–H groups in total. The third kappa shape index (κ3) is 3.93. The van der Waals surface area contributed by atoms with E-state index in [1.165, 1.54) is 57.8 Å². The number of aliphatic hydroxyl groups is 1. The molecule has 3 heteroatoms. The molecule has 5 rings (SSSR count). The zero-order chi connectivity index (χ0) is 22.5. The average Bonchev–Trinajstić information content (AvgIpc) is 3.42. The van der Waals surface area contributed by atoms with Gasteiger partial charge in [-0.2, -0.15) is 0 Å². The van der Waals surface area contributed by atoms with Gasteiger partial charge in [-0.05, 0) is 104 Å². The molecule has 1 aliphatic heterocycles. The van der Waals surface area contributed by atoms with Crippen LogP contribution in [0, 0.1) is 46.3 Å². The first-order valence-electron chi connectivity index (χ1n) is 14.0. The van der Waals surface area contributed by atoms with Crippen LogP contribution < -0.4 is 0 Å². The lowest BCUT2D eigenvalue weighted by Gasteiger charge is -2.58. The van der Waals surface area contributed by atoms with Gasteiger partial charge in [-0.1, -0.05) is 52.2 Å². The van der Waals surface area contributed by atoms with E-state index in [9.17, 15) is 5.11 Å². The first kappa shape index (κ1) is 23.4. The molecule has 0 aromatic heterocycles. The van der Waals surface area contributed by atoms with Gasteiger partial charge in [0.25, 0.3) is 0 Å². The Morgan fingerprint density at radius 3 is 2.59 bits per heavy atom. The Morgan fingerprint density at radius 1 is 1.00 bits per heavy atom. The Morgan fingerprint density at radius 2 is 1.81 bits per heavy atom. The summed E-state index contributed by atoms with van der Waals surface area (Å²) < 4.78 is 0. The summed E-state index contributed by atoms with van der Waals surface area (Å²) in [5.74, 6) is 5.01. The van der Waals surface area contributed by atoms with Crippen molar-refractivity contribution in [2.24, 2.45) is 46.3 Å². The summed E-state index contributed by atoms with van der Waals surface area (Å²) >= 11 is 0. The zero-order valence-corrected chi connectivity index (χ0v) is 21.2. The van der Waals surface area contributed by atoms with Crippen LogP contribution in [-0.2, 0) is 9.78 Å². The average molecular weight is 445 g/mol. The maximum atomic E-state index is 10.3. The maximum Gasteiger partial charge on any atom is 0.0978 e. The molecule has 0 aromatic carbocycles. The van der Waals surface area contributed by atoms with E-state index in [1.54, 1.807) is 5.57 Å². The van der Waals surface area contributed by atoms with Gasteiger partial charge in [0, 0.05) is 6.42 Å². The molecule has 0 bridgehead atoms. The highest BCUT2D eigenvalue weighted by Crippen LogP contribution is 2.67. The third-order valence-electron chi connectivity index (χ3n) is 11.5. The first-order chi connectivity index (χ1) is 15.3. The minimum Gasteiger partial charge on any atom is -0.393 e. The normalized spacial score (nSPS) is 47.8. The Balaban J connectivity index is 1.22. The van der Waals surface area contributed by atoms with Gasteiger partial charge >= 0.3 is 0 Å². The van der Waals surface area contributed by atoms with Crippen molar-refractivity contribution in [1.29, 1.82) is 0 Å². The minimum atomic E-state index is -0.0908. The summed E-state index contributed by atoms with van der Waals surface area (Å²) in [5, 5.41) is 10.3. The predicted molar refractivity (Wildman–Crippen MR) is 129 cm³/mol. The quantitative estimate of drug-likeness (QED) is 0.351. The molecule has 3 nitrogen and oxygen atoms in total. The smallest absolute Gasteiger partial charge is 0.0978 e. The second-order valence-electron chi connectivity index (χ2n) is 13.0. The molecule has 0 radical (unpaired) electrons. The third-order valence-corrected chi connectivity index (χ3v) is 11.5. The minimum absolute atomic E-state index is 0.0908. The summed E-state index contributed by atoms with van der Waals surface area (Å²) in [6.07, 6.45) is 18.1. The largest absolute Gasteiger partial charge is 0.393 e. The number of rotatable bonds is 6. The van der Waals surface area contributed by atoms with E-state index in [2.05, 4.69) is 33.8 Å². The van der Waals surface area contributed by atoms with Gasteiger partial charge in [-0.15, -0.1) is 0 Å². The van der Waals surface area contributed by atoms with Crippen LogP contribution in [0.4, 0.5) is 0 Å². The monoisotopic (exact) mass is 444 g/mol. The fourth-order valence-corrected chi connectivity index (χ4v) is 9.49. The SMILES string of the molecule is CC(CCC[C@@H](C)[C@H]1CC[C@H]2[C@@H]3CC=C4C[C@@H](O)CC[C@]4(C)[C@H]3CC[C@]12C)C1CCOO1. The molecule has 0 amide bonds. The Bertz CT molecular complexity index is 697. The lowest BCUT2D eigenvalue weighted by molar-refractivity contribution is -0.282. The van der Waals surface area contributed by atoms with Crippen molar-refractivity contribution in [3.05, 3.63) is 11.6 Å². The van der Waals surface area contributed by atoms with Gasteiger partial charge in [-0.3, -0.25) is 0 Å². The molecule has 4 fully saturated rings. The fourth-order valence-electron chi connectivity index (χ4n) is 9.49. The summed E-state index contributed by atoms with van der Waals surface area (Å²) in [6.45, 7) is 10.9. The highest BCUT2D eigenvalue weighted by atomic mass is 17.2. The van der Waals surface area contributed by atoms with E-state index >= 15 is 0 Å². The summed E-state index contributed by atoms with van der Waals surface area (Å²) in [5.41, 5.74) is 2.52. The number of fused-ring (bicyclic) bond motifs is 5. The van der Waals surface area contributed by atoms with Crippen LogP contribution in [0.5, 0.6) is 0 Å². The van der Waals surface area contributed by atoms with Gasteiger partial charge in [0.05, 0.1) is 18.8 Å². The van der Waals surface area contributed by atoms with Gasteiger partial charge in [0.2, 0.25) is 0 Å². The molecule has 4 aliphatic carbocycles. The number of allylic oxidation sites excluding steroid dienone is 1. The van der Waals surface area contributed by atoms with E-state index in [4.69, 9.17) is 9.78 Å². The van der Waals surface area contributed by atoms with Crippen LogP contribution in [0.15, 0.2) is 11.6 Å². The van der Waals surface area contributed by atoms with Crippen LogP contribution in [-0.4, -0.2) is 23.9 Å². The summed E-state index contributed by atoms with van der Waals surface area (Å²) in [6, 6.07) is 0.